The van der Waals surface area contributed by atoms with Gasteiger partial charge in [-0.2, -0.15) is 0 Å². The fourth-order valence-electron chi connectivity index (χ4n) is 4.39. The number of hydrogen-bond donors (Lipinski definition) is 1. The van der Waals surface area contributed by atoms with Crippen molar-refractivity contribution >= 4 is 22.4 Å². The highest BCUT2D eigenvalue weighted by molar-refractivity contribution is 5.90. The first kappa shape index (κ1) is 20.1. The molecule has 0 saturated carbocycles. The number of imidazole rings is 1. The van der Waals surface area contributed by atoms with Gasteiger partial charge in [-0.15, -0.1) is 0 Å². The average molecular weight is 442 g/mol. The van der Waals surface area contributed by atoms with Gasteiger partial charge < -0.3 is 9.72 Å². The number of nitrogens with one attached hydrogen (secondary N) is 1. The van der Waals surface area contributed by atoms with Crippen LogP contribution in [0.15, 0.2) is 116 Å². The number of benzene rings is 3. The van der Waals surface area contributed by atoms with E-state index < -0.39 is 0 Å². The summed E-state index contributed by atoms with van der Waals surface area (Å²) in [5.41, 5.74) is 5.30. The highest BCUT2D eigenvalue weighted by Crippen LogP contribution is 2.28. The van der Waals surface area contributed by atoms with E-state index >= 15 is 0 Å². The predicted octanol–water partition coefficient (Wildman–Crippen LogP) is 6.19. The van der Waals surface area contributed by atoms with Crippen LogP contribution in [0, 0.1) is 0 Å². The molecule has 0 bridgehead atoms. The van der Waals surface area contributed by atoms with Crippen molar-refractivity contribution in [3.8, 4) is 11.4 Å². The third-order valence-corrected chi connectivity index (χ3v) is 6.13. The van der Waals surface area contributed by atoms with Crippen molar-refractivity contribution in [3.05, 3.63) is 127 Å². The lowest BCUT2D eigenvalue weighted by Crippen LogP contribution is -2.15. The molecule has 0 radical (unpaired) electrons. The lowest BCUT2D eigenvalue weighted by molar-refractivity contribution is 0.849. The Bertz CT molecular complexity index is 1520. The molecule has 6 rings (SSSR count). The topological polar surface area (TPSA) is 55.1 Å². The Labute approximate surface area is 197 Å². The Morgan fingerprint density at radius 3 is 2.21 bits per heavy atom. The smallest absolute Gasteiger partial charge is 0.163 e. The predicted molar refractivity (Wildman–Crippen MR) is 137 cm³/mol. The molecular weight excluding hydrogens is 418 g/mol. The maximum atomic E-state index is 4.97. The molecule has 0 aliphatic heterocycles. The molecule has 1 N–H and O–H groups in total. The van der Waals surface area contributed by atoms with Gasteiger partial charge in [0.15, 0.2) is 5.82 Å². The first-order valence-electron chi connectivity index (χ1n) is 11.4. The molecule has 0 fully saturated rings. The number of nitrogens with zero attached hydrogens (tertiary/aromatic N) is 4. The third kappa shape index (κ3) is 3.88. The van der Waals surface area contributed by atoms with Gasteiger partial charge in [0, 0.05) is 42.0 Å². The largest absolute Gasteiger partial charge is 0.368 e. The van der Waals surface area contributed by atoms with Crippen LogP contribution in [0.5, 0.6) is 0 Å². The first-order chi connectivity index (χ1) is 16.8. The second-order valence-corrected chi connectivity index (χ2v) is 8.28. The van der Waals surface area contributed by atoms with Crippen LogP contribution in [0.3, 0.4) is 0 Å². The SMILES string of the molecule is c1ccc(C(CNc2nc(-c3ccc4nccn4c3)nc3ccccc23)c2ccccc2)cc1. The van der Waals surface area contributed by atoms with Crippen LogP contribution in [-0.2, 0) is 0 Å². The monoisotopic (exact) mass is 441 g/mol. The normalized spacial score (nSPS) is 11.3. The maximum absolute atomic E-state index is 4.97. The van der Waals surface area contributed by atoms with E-state index in [2.05, 4.69) is 77.0 Å². The minimum absolute atomic E-state index is 0.196. The van der Waals surface area contributed by atoms with Crippen LogP contribution in [-0.4, -0.2) is 25.9 Å². The van der Waals surface area contributed by atoms with Crippen molar-refractivity contribution in [1.29, 1.82) is 0 Å². The Morgan fingerprint density at radius 1 is 0.735 bits per heavy atom. The van der Waals surface area contributed by atoms with Gasteiger partial charge in [0.05, 0.1) is 5.52 Å². The summed E-state index contributed by atoms with van der Waals surface area (Å²) in [4.78, 5) is 14.2. The number of pyridine rings is 1. The molecule has 0 amide bonds. The second-order valence-electron chi connectivity index (χ2n) is 8.28. The molecule has 5 heteroatoms. The summed E-state index contributed by atoms with van der Waals surface area (Å²) in [5, 5.41) is 4.67. The van der Waals surface area contributed by atoms with Crippen molar-refractivity contribution < 1.29 is 0 Å². The summed E-state index contributed by atoms with van der Waals surface area (Å²) in [6.45, 7) is 0.717. The van der Waals surface area contributed by atoms with Crippen LogP contribution in [0.2, 0.25) is 0 Å². The molecule has 0 aliphatic rings. The molecule has 6 aromatic rings. The minimum Gasteiger partial charge on any atom is -0.368 e. The van der Waals surface area contributed by atoms with E-state index in [1.165, 1.54) is 11.1 Å². The van der Waals surface area contributed by atoms with Crippen LogP contribution in [0.1, 0.15) is 17.0 Å². The van der Waals surface area contributed by atoms with Crippen molar-refractivity contribution in [2.24, 2.45) is 0 Å². The molecule has 0 spiro atoms. The second kappa shape index (κ2) is 8.79. The van der Waals surface area contributed by atoms with Crippen molar-refractivity contribution in [2.45, 2.75) is 5.92 Å². The highest BCUT2D eigenvalue weighted by atomic mass is 15.0. The third-order valence-electron chi connectivity index (χ3n) is 6.13. The van der Waals surface area contributed by atoms with Gasteiger partial charge in [0.25, 0.3) is 0 Å². The fraction of sp³-hybridized carbons (Fsp3) is 0.0690. The van der Waals surface area contributed by atoms with Crippen LogP contribution in [0.25, 0.3) is 27.9 Å². The van der Waals surface area contributed by atoms with Gasteiger partial charge in [-0.25, -0.2) is 15.0 Å². The summed E-state index contributed by atoms with van der Waals surface area (Å²) in [6.07, 6.45) is 5.75. The lowest BCUT2D eigenvalue weighted by Gasteiger charge is -2.20. The van der Waals surface area contributed by atoms with E-state index in [0.29, 0.717) is 5.82 Å². The van der Waals surface area contributed by atoms with E-state index in [9.17, 15) is 0 Å². The first-order valence-corrected chi connectivity index (χ1v) is 11.4. The summed E-state index contributed by atoms with van der Waals surface area (Å²) >= 11 is 0. The molecular formula is C29H23N5. The van der Waals surface area contributed by atoms with Crippen LogP contribution >= 0.6 is 0 Å². The average Bonchev–Trinajstić information content (AvgIpc) is 3.38. The van der Waals surface area contributed by atoms with E-state index in [0.717, 1.165) is 34.5 Å². The maximum Gasteiger partial charge on any atom is 0.163 e. The molecule has 0 saturated heterocycles. The van der Waals surface area contributed by atoms with Gasteiger partial charge >= 0.3 is 0 Å². The fourth-order valence-corrected chi connectivity index (χ4v) is 4.39. The van der Waals surface area contributed by atoms with Gasteiger partial charge in [-0.3, -0.25) is 0 Å². The van der Waals surface area contributed by atoms with Crippen LogP contribution < -0.4 is 5.32 Å². The van der Waals surface area contributed by atoms with Gasteiger partial charge in [-0.1, -0.05) is 72.8 Å². The zero-order valence-electron chi connectivity index (χ0n) is 18.5. The Morgan fingerprint density at radius 2 is 1.44 bits per heavy atom. The summed E-state index contributed by atoms with van der Waals surface area (Å²) in [5.74, 6) is 1.72. The number of hydrogen-bond acceptors (Lipinski definition) is 4. The standard InChI is InChI=1S/C29H23N5/c1-3-9-21(10-4-1)25(22-11-5-2-6-12-22)19-31-29-24-13-7-8-14-26(24)32-28(33-29)23-15-16-27-30-17-18-34(27)20-23/h1-18,20,25H,19H2,(H,31,32,33). The number of rotatable bonds is 6. The number of aromatic nitrogens is 4. The van der Waals surface area contributed by atoms with E-state index in [1.54, 1.807) is 6.20 Å². The Hall–Kier alpha value is -4.51. The highest BCUT2D eigenvalue weighted by Gasteiger charge is 2.16. The summed E-state index contributed by atoms with van der Waals surface area (Å²) in [6, 6.07) is 33.4. The molecule has 3 aromatic heterocycles. The van der Waals surface area contributed by atoms with Crippen LogP contribution in [0.4, 0.5) is 5.82 Å². The number of anilines is 1. The molecule has 3 heterocycles. The zero-order chi connectivity index (χ0) is 22.7. The molecule has 34 heavy (non-hydrogen) atoms. The zero-order valence-corrected chi connectivity index (χ0v) is 18.5. The van der Waals surface area contributed by atoms with Crippen molar-refractivity contribution in [1.82, 2.24) is 19.4 Å². The van der Waals surface area contributed by atoms with E-state index in [1.807, 2.05) is 47.1 Å². The lowest BCUT2D eigenvalue weighted by atomic mass is 9.91. The molecule has 164 valence electrons. The van der Waals surface area contributed by atoms with Gasteiger partial charge in [-0.05, 0) is 35.4 Å². The van der Waals surface area contributed by atoms with E-state index in [4.69, 9.17) is 9.97 Å². The summed E-state index contributed by atoms with van der Waals surface area (Å²) < 4.78 is 1.99. The molecule has 0 aliphatic carbocycles. The van der Waals surface area contributed by atoms with Crippen molar-refractivity contribution in [2.75, 3.05) is 11.9 Å². The van der Waals surface area contributed by atoms with E-state index in [-0.39, 0.29) is 5.92 Å². The Balaban J connectivity index is 1.40. The number of para-hydroxylation sites is 1. The minimum atomic E-state index is 0.196. The Kier molecular flexibility index (Phi) is 5.20. The quantitative estimate of drug-likeness (QED) is 0.335. The molecule has 0 unspecified atom stereocenters. The van der Waals surface area contributed by atoms with Crippen molar-refractivity contribution in [3.63, 3.8) is 0 Å². The molecule has 3 aromatic carbocycles. The van der Waals surface area contributed by atoms with Gasteiger partial charge in [0.1, 0.15) is 11.5 Å². The molecule has 0 atom stereocenters. The summed E-state index contributed by atoms with van der Waals surface area (Å²) in [7, 11) is 0. The molecule has 5 nitrogen and oxygen atoms in total. The number of fused-ring (bicyclic) bond motifs is 2. The van der Waals surface area contributed by atoms with Gasteiger partial charge in [0.2, 0.25) is 0 Å².